The highest BCUT2D eigenvalue weighted by Gasteiger charge is 2.07. The molecule has 0 atom stereocenters. The largest absolute Gasteiger partial charge is 0.376 e. The van der Waals surface area contributed by atoms with E-state index < -0.39 is 0 Å². The van der Waals surface area contributed by atoms with Gasteiger partial charge in [0.15, 0.2) is 0 Å². The first-order valence-corrected chi connectivity index (χ1v) is 10.4. The third-order valence-corrected chi connectivity index (χ3v) is 4.87. The van der Waals surface area contributed by atoms with E-state index in [0.717, 1.165) is 16.8 Å². The average molecular weight is 425 g/mol. The van der Waals surface area contributed by atoms with Gasteiger partial charge in [-0.15, -0.1) is 0 Å². The minimum absolute atomic E-state index is 0.0777. The minimum atomic E-state index is -0.151. The van der Waals surface area contributed by atoms with Gasteiger partial charge in [-0.05, 0) is 48.2 Å². The summed E-state index contributed by atoms with van der Waals surface area (Å²) in [6, 6.07) is 15.3. The zero-order chi connectivity index (χ0) is 22.8. The van der Waals surface area contributed by atoms with Crippen molar-refractivity contribution in [3.05, 3.63) is 59.7 Å². The number of carbonyl (C=O) groups is 3. The van der Waals surface area contributed by atoms with Crippen LogP contribution < -0.4 is 10.6 Å². The summed E-state index contributed by atoms with van der Waals surface area (Å²) >= 11 is 0. The van der Waals surface area contributed by atoms with Crippen LogP contribution in [-0.2, 0) is 27.2 Å². The molecule has 0 radical (unpaired) electrons. The van der Waals surface area contributed by atoms with Crippen LogP contribution in [0.5, 0.6) is 0 Å². The SMILES string of the molecule is CN(C)C(=O)CCc1ccc(NCC(=O)Nc2cccc(CCC(=O)N(C)C)c2)cc1. The van der Waals surface area contributed by atoms with Gasteiger partial charge >= 0.3 is 0 Å². The molecule has 0 aliphatic rings. The molecule has 0 aliphatic carbocycles. The van der Waals surface area contributed by atoms with Crippen molar-refractivity contribution < 1.29 is 14.4 Å². The fourth-order valence-corrected chi connectivity index (χ4v) is 2.93. The predicted molar refractivity (Wildman–Crippen MR) is 124 cm³/mol. The molecule has 2 aromatic rings. The molecule has 2 aromatic carbocycles. The van der Waals surface area contributed by atoms with Gasteiger partial charge in [0.05, 0.1) is 6.54 Å². The number of hydrogen-bond acceptors (Lipinski definition) is 4. The van der Waals surface area contributed by atoms with Gasteiger partial charge in [0, 0.05) is 52.4 Å². The van der Waals surface area contributed by atoms with E-state index in [4.69, 9.17) is 0 Å². The van der Waals surface area contributed by atoms with Crippen LogP contribution in [0.2, 0.25) is 0 Å². The molecule has 0 unspecified atom stereocenters. The first-order valence-electron chi connectivity index (χ1n) is 10.4. The molecule has 0 spiro atoms. The highest BCUT2D eigenvalue weighted by molar-refractivity contribution is 5.93. The Balaban J connectivity index is 1.79. The lowest BCUT2D eigenvalue weighted by atomic mass is 10.1. The maximum Gasteiger partial charge on any atom is 0.243 e. The molecular formula is C24H32N4O3. The molecule has 0 heterocycles. The molecule has 166 valence electrons. The Labute approximate surface area is 184 Å². The molecule has 0 fully saturated rings. The first kappa shape index (κ1) is 23.9. The monoisotopic (exact) mass is 424 g/mol. The van der Waals surface area contributed by atoms with Gasteiger partial charge in [-0.2, -0.15) is 0 Å². The van der Waals surface area contributed by atoms with Crippen LogP contribution in [-0.4, -0.2) is 62.3 Å². The van der Waals surface area contributed by atoms with Crippen LogP contribution in [0, 0.1) is 0 Å². The third-order valence-electron chi connectivity index (χ3n) is 4.87. The fraction of sp³-hybridized carbons (Fsp3) is 0.375. The van der Waals surface area contributed by atoms with Gasteiger partial charge in [-0.25, -0.2) is 0 Å². The molecule has 0 aromatic heterocycles. The number of hydrogen-bond donors (Lipinski definition) is 2. The molecule has 2 rings (SSSR count). The molecular weight excluding hydrogens is 392 g/mol. The van der Waals surface area contributed by atoms with E-state index >= 15 is 0 Å². The summed E-state index contributed by atoms with van der Waals surface area (Å²) in [5, 5.41) is 5.98. The quantitative estimate of drug-likeness (QED) is 0.615. The van der Waals surface area contributed by atoms with Crippen molar-refractivity contribution in [3.63, 3.8) is 0 Å². The maximum atomic E-state index is 12.3. The second-order valence-electron chi connectivity index (χ2n) is 7.88. The van der Waals surface area contributed by atoms with Crippen molar-refractivity contribution in [3.8, 4) is 0 Å². The molecule has 7 heteroatoms. The summed E-state index contributed by atoms with van der Waals surface area (Å²) in [5.74, 6) is 0.0309. The Kier molecular flexibility index (Phi) is 9.06. The number of anilines is 2. The van der Waals surface area contributed by atoms with Crippen LogP contribution in [0.25, 0.3) is 0 Å². The molecule has 0 aliphatic heterocycles. The molecule has 2 N–H and O–H groups in total. The smallest absolute Gasteiger partial charge is 0.243 e. The Morgan fingerprint density at radius 3 is 1.90 bits per heavy atom. The molecule has 7 nitrogen and oxygen atoms in total. The van der Waals surface area contributed by atoms with E-state index in [1.165, 1.54) is 0 Å². The van der Waals surface area contributed by atoms with E-state index in [-0.39, 0.29) is 24.3 Å². The highest BCUT2D eigenvalue weighted by Crippen LogP contribution is 2.14. The Bertz CT molecular complexity index is 892. The summed E-state index contributed by atoms with van der Waals surface area (Å²) < 4.78 is 0. The Morgan fingerprint density at radius 2 is 1.32 bits per heavy atom. The van der Waals surface area contributed by atoms with Crippen molar-refractivity contribution in [1.82, 2.24) is 9.80 Å². The summed E-state index contributed by atoms with van der Waals surface area (Å²) in [6.07, 6.45) is 2.23. The maximum absolute atomic E-state index is 12.3. The third kappa shape index (κ3) is 8.50. The molecule has 0 saturated heterocycles. The molecule has 0 bridgehead atoms. The van der Waals surface area contributed by atoms with E-state index in [1.807, 2.05) is 48.5 Å². The van der Waals surface area contributed by atoms with E-state index in [1.54, 1.807) is 38.0 Å². The number of benzene rings is 2. The van der Waals surface area contributed by atoms with Crippen molar-refractivity contribution in [2.24, 2.45) is 0 Å². The van der Waals surface area contributed by atoms with Crippen molar-refractivity contribution in [2.75, 3.05) is 45.4 Å². The second kappa shape index (κ2) is 11.7. The van der Waals surface area contributed by atoms with Gasteiger partial charge in [0.25, 0.3) is 0 Å². The zero-order valence-electron chi connectivity index (χ0n) is 18.8. The fourth-order valence-electron chi connectivity index (χ4n) is 2.93. The first-order chi connectivity index (χ1) is 14.7. The van der Waals surface area contributed by atoms with Crippen LogP contribution in [0.1, 0.15) is 24.0 Å². The van der Waals surface area contributed by atoms with Gasteiger partial charge in [-0.3, -0.25) is 14.4 Å². The van der Waals surface area contributed by atoms with E-state index in [2.05, 4.69) is 10.6 Å². The zero-order valence-corrected chi connectivity index (χ0v) is 18.8. The summed E-state index contributed by atoms with van der Waals surface area (Å²) in [7, 11) is 6.99. The predicted octanol–water partition coefficient (Wildman–Crippen LogP) is 2.78. The van der Waals surface area contributed by atoms with Crippen LogP contribution >= 0.6 is 0 Å². The lowest BCUT2D eigenvalue weighted by Gasteiger charge is -2.12. The standard InChI is InChI=1S/C24H32N4O3/c1-27(2)23(30)14-10-18-8-12-20(13-9-18)25-17-22(29)26-21-7-5-6-19(16-21)11-15-24(31)28(3)4/h5-9,12-13,16,25H,10-11,14-15,17H2,1-4H3,(H,26,29). The normalized spacial score (nSPS) is 10.3. The number of nitrogens with zero attached hydrogens (tertiary/aromatic N) is 2. The van der Waals surface area contributed by atoms with E-state index in [9.17, 15) is 14.4 Å². The lowest BCUT2D eigenvalue weighted by molar-refractivity contribution is -0.129. The number of amides is 3. The topological polar surface area (TPSA) is 81.8 Å². The van der Waals surface area contributed by atoms with Crippen LogP contribution in [0.4, 0.5) is 11.4 Å². The van der Waals surface area contributed by atoms with Gasteiger partial charge in [0.2, 0.25) is 17.7 Å². The van der Waals surface area contributed by atoms with Crippen molar-refractivity contribution in [1.29, 1.82) is 0 Å². The van der Waals surface area contributed by atoms with Gasteiger partial charge in [0.1, 0.15) is 0 Å². The van der Waals surface area contributed by atoms with Crippen LogP contribution in [0.3, 0.4) is 0 Å². The number of carbonyl (C=O) groups excluding carboxylic acids is 3. The minimum Gasteiger partial charge on any atom is -0.376 e. The number of aryl methyl sites for hydroxylation is 2. The van der Waals surface area contributed by atoms with Crippen LogP contribution in [0.15, 0.2) is 48.5 Å². The number of nitrogens with one attached hydrogen (secondary N) is 2. The van der Waals surface area contributed by atoms with Crippen molar-refractivity contribution in [2.45, 2.75) is 25.7 Å². The van der Waals surface area contributed by atoms with E-state index in [0.29, 0.717) is 31.4 Å². The summed E-state index contributed by atoms with van der Waals surface area (Å²) in [4.78, 5) is 38.9. The summed E-state index contributed by atoms with van der Waals surface area (Å²) in [5.41, 5.74) is 3.63. The average Bonchev–Trinajstić information content (AvgIpc) is 2.75. The van der Waals surface area contributed by atoms with Gasteiger partial charge in [-0.1, -0.05) is 24.3 Å². The molecule has 31 heavy (non-hydrogen) atoms. The van der Waals surface area contributed by atoms with Crippen molar-refractivity contribution >= 4 is 29.1 Å². The molecule has 3 amide bonds. The number of rotatable bonds is 10. The second-order valence-corrected chi connectivity index (χ2v) is 7.88. The lowest BCUT2D eigenvalue weighted by Crippen LogP contribution is -2.22. The Hall–Kier alpha value is -3.35. The highest BCUT2D eigenvalue weighted by atomic mass is 16.2. The molecule has 0 saturated carbocycles. The van der Waals surface area contributed by atoms with Gasteiger partial charge < -0.3 is 20.4 Å². The Morgan fingerprint density at radius 1 is 0.742 bits per heavy atom. The summed E-state index contributed by atoms with van der Waals surface area (Å²) in [6.45, 7) is 0.141.